The largest absolute Gasteiger partial charge is 0.466 e. The minimum Gasteiger partial charge on any atom is -0.466 e. The van der Waals surface area contributed by atoms with Crippen molar-refractivity contribution in [3.8, 4) is 6.07 Å². The molecule has 3 rings (SSSR count). The molecule has 1 aliphatic heterocycles. The predicted octanol–water partition coefficient (Wildman–Crippen LogP) is 4.31. The van der Waals surface area contributed by atoms with E-state index in [9.17, 15) is 14.9 Å². The number of methoxy groups -OCH3 is 2. The quantitative estimate of drug-likeness (QED) is 0.604. The zero-order valence-corrected chi connectivity index (χ0v) is 19.8. The summed E-state index contributed by atoms with van der Waals surface area (Å²) in [7, 11) is 2.40. The lowest BCUT2D eigenvalue weighted by Crippen LogP contribution is -2.41. The van der Waals surface area contributed by atoms with Crippen LogP contribution in [0.1, 0.15) is 17.0 Å². The molecule has 32 heavy (non-hydrogen) atoms. The van der Waals surface area contributed by atoms with Crippen LogP contribution in [-0.2, 0) is 19.1 Å². The highest BCUT2D eigenvalue weighted by atomic mass is 79.9. The Morgan fingerprint density at radius 3 is 2.34 bits per heavy atom. The molecule has 0 spiro atoms. The van der Waals surface area contributed by atoms with Crippen molar-refractivity contribution in [2.75, 3.05) is 19.1 Å². The summed E-state index contributed by atoms with van der Waals surface area (Å²) < 4.78 is 10.7. The summed E-state index contributed by atoms with van der Waals surface area (Å²) in [6.07, 6.45) is 0. The number of carbonyl (C=O) groups is 2. The number of nitrogens with zero attached hydrogens (tertiary/aromatic N) is 2. The van der Waals surface area contributed by atoms with Gasteiger partial charge >= 0.3 is 11.9 Å². The summed E-state index contributed by atoms with van der Waals surface area (Å²) in [6, 6.07) is 14.2. The van der Waals surface area contributed by atoms with E-state index in [2.05, 4.69) is 22.0 Å². The third kappa shape index (κ3) is 3.97. The van der Waals surface area contributed by atoms with Crippen molar-refractivity contribution in [2.24, 2.45) is 5.73 Å². The molecule has 2 N–H and O–H groups in total. The van der Waals surface area contributed by atoms with E-state index in [-0.39, 0.29) is 22.7 Å². The van der Waals surface area contributed by atoms with Crippen LogP contribution in [0.4, 0.5) is 5.69 Å². The second-order valence-electron chi connectivity index (χ2n) is 6.89. The molecule has 1 aliphatic rings. The van der Waals surface area contributed by atoms with Crippen molar-refractivity contribution in [2.45, 2.75) is 12.8 Å². The zero-order valence-electron chi connectivity index (χ0n) is 17.5. The van der Waals surface area contributed by atoms with Crippen molar-refractivity contribution in [1.82, 2.24) is 0 Å². The van der Waals surface area contributed by atoms with E-state index in [0.29, 0.717) is 26.3 Å². The third-order valence-electron chi connectivity index (χ3n) is 5.09. The van der Waals surface area contributed by atoms with Crippen molar-refractivity contribution in [3.63, 3.8) is 0 Å². The number of rotatable bonds is 4. The maximum absolute atomic E-state index is 13.0. The molecular formula is C23H19BrClN3O4. The highest BCUT2D eigenvalue weighted by Crippen LogP contribution is 2.44. The number of nitriles is 1. The molecule has 0 aromatic heterocycles. The van der Waals surface area contributed by atoms with Crippen LogP contribution in [0.5, 0.6) is 0 Å². The molecule has 1 atom stereocenters. The first-order valence-electron chi connectivity index (χ1n) is 9.38. The van der Waals surface area contributed by atoms with Crippen LogP contribution in [0.25, 0.3) is 0 Å². The smallest absolute Gasteiger partial charge is 0.355 e. The first-order chi connectivity index (χ1) is 15.3. The minimum atomic E-state index is -0.926. The van der Waals surface area contributed by atoms with E-state index in [4.69, 9.17) is 26.8 Å². The molecule has 0 radical (unpaired) electrons. The fourth-order valence-corrected chi connectivity index (χ4v) is 4.26. The van der Waals surface area contributed by atoms with Gasteiger partial charge < -0.3 is 15.2 Å². The topological polar surface area (TPSA) is 106 Å². The number of hydrogen-bond acceptors (Lipinski definition) is 7. The second kappa shape index (κ2) is 9.47. The van der Waals surface area contributed by atoms with E-state index in [1.54, 1.807) is 49.4 Å². The van der Waals surface area contributed by atoms with Crippen LogP contribution in [0, 0.1) is 18.3 Å². The fourth-order valence-electron chi connectivity index (χ4n) is 3.64. The van der Waals surface area contributed by atoms with Gasteiger partial charge in [0.05, 0.1) is 48.1 Å². The summed E-state index contributed by atoms with van der Waals surface area (Å²) in [6.45, 7) is 1.78. The van der Waals surface area contributed by atoms with E-state index < -0.39 is 17.9 Å². The van der Waals surface area contributed by atoms with Crippen LogP contribution in [0.3, 0.4) is 0 Å². The average Bonchev–Trinajstić information content (AvgIpc) is 2.80. The molecule has 1 heterocycles. The average molecular weight is 517 g/mol. The highest BCUT2D eigenvalue weighted by Gasteiger charge is 2.43. The first kappa shape index (κ1) is 23.4. The van der Waals surface area contributed by atoms with Crippen molar-refractivity contribution >= 4 is 45.2 Å². The van der Waals surface area contributed by atoms with Gasteiger partial charge in [-0.3, -0.25) is 4.90 Å². The van der Waals surface area contributed by atoms with Crippen molar-refractivity contribution in [3.05, 3.63) is 85.8 Å². The molecule has 0 saturated carbocycles. The Bertz CT molecular complexity index is 1200. The number of allylic oxidation sites excluding steroid dienone is 1. The number of nitrogens with two attached hydrogens (primary N) is 1. The van der Waals surface area contributed by atoms with E-state index in [1.807, 2.05) is 0 Å². The SMILES string of the molecule is COC(=O)C1=C(C(=O)OC)N(c2cc(Cl)c(Br)cc2C)C(N)=C(C#N)C1c1ccccc1. The Hall–Kier alpha value is -3.28. The Morgan fingerprint density at radius 1 is 1.16 bits per heavy atom. The maximum atomic E-state index is 13.0. The highest BCUT2D eigenvalue weighted by molar-refractivity contribution is 9.10. The lowest BCUT2D eigenvalue weighted by Gasteiger charge is -2.36. The molecule has 0 amide bonds. The maximum Gasteiger partial charge on any atom is 0.355 e. The molecule has 9 heteroatoms. The third-order valence-corrected chi connectivity index (χ3v) is 6.29. The normalized spacial score (nSPS) is 16.0. The number of halogens is 2. The van der Waals surface area contributed by atoms with Crippen LogP contribution in [-0.4, -0.2) is 26.2 Å². The molecule has 0 saturated heterocycles. The number of esters is 2. The molecule has 1 unspecified atom stereocenters. The molecule has 164 valence electrons. The number of hydrogen-bond donors (Lipinski definition) is 1. The molecule has 0 fully saturated rings. The van der Waals surface area contributed by atoms with Gasteiger partial charge in [-0.15, -0.1) is 0 Å². The lowest BCUT2D eigenvalue weighted by molar-refractivity contribution is -0.139. The molecule has 2 aromatic carbocycles. The summed E-state index contributed by atoms with van der Waals surface area (Å²) in [5, 5.41) is 10.4. The van der Waals surface area contributed by atoms with Crippen LogP contribution >= 0.6 is 27.5 Å². The first-order valence-corrected chi connectivity index (χ1v) is 10.5. The monoisotopic (exact) mass is 515 g/mol. The molecule has 7 nitrogen and oxygen atoms in total. The summed E-state index contributed by atoms with van der Waals surface area (Å²) in [4.78, 5) is 27.4. The van der Waals surface area contributed by atoms with Gasteiger partial charge in [0.1, 0.15) is 11.5 Å². The van der Waals surface area contributed by atoms with Crippen molar-refractivity contribution in [1.29, 1.82) is 5.26 Å². The van der Waals surface area contributed by atoms with Gasteiger partial charge in [-0.2, -0.15) is 5.26 Å². The Balaban J connectivity index is 2.46. The Kier molecular flexibility index (Phi) is 6.92. The van der Waals surface area contributed by atoms with E-state index in [1.165, 1.54) is 19.1 Å². The molecule has 0 bridgehead atoms. The van der Waals surface area contributed by atoms with Crippen molar-refractivity contribution < 1.29 is 19.1 Å². The summed E-state index contributed by atoms with van der Waals surface area (Å²) in [5.74, 6) is -2.55. The number of benzene rings is 2. The summed E-state index contributed by atoms with van der Waals surface area (Å²) in [5.41, 5.74) is 8.05. The van der Waals surface area contributed by atoms with Gasteiger partial charge in [0, 0.05) is 4.47 Å². The zero-order chi connectivity index (χ0) is 23.6. The van der Waals surface area contributed by atoms with Crippen LogP contribution < -0.4 is 10.6 Å². The van der Waals surface area contributed by atoms with Gasteiger partial charge in [-0.25, -0.2) is 9.59 Å². The van der Waals surface area contributed by atoms with E-state index >= 15 is 0 Å². The van der Waals surface area contributed by atoms with Gasteiger partial charge in [-0.05, 0) is 46.1 Å². The van der Waals surface area contributed by atoms with Crippen LogP contribution in [0.2, 0.25) is 5.02 Å². The minimum absolute atomic E-state index is 0.0177. The number of ether oxygens (including phenoxy) is 2. The predicted molar refractivity (Wildman–Crippen MR) is 123 cm³/mol. The van der Waals surface area contributed by atoms with Gasteiger partial charge in [0.15, 0.2) is 0 Å². The van der Waals surface area contributed by atoms with Gasteiger partial charge in [0.25, 0.3) is 0 Å². The summed E-state index contributed by atoms with van der Waals surface area (Å²) >= 11 is 9.68. The molecule has 2 aromatic rings. The molecule has 0 aliphatic carbocycles. The number of carbonyl (C=O) groups excluding carboxylic acids is 2. The fraction of sp³-hybridized carbons (Fsp3) is 0.174. The Morgan fingerprint density at radius 2 is 1.78 bits per heavy atom. The van der Waals surface area contributed by atoms with E-state index in [0.717, 1.165) is 0 Å². The number of anilines is 1. The number of aryl methyl sites for hydroxylation is 1. The van der Waals surface area contributed by atoms with Crippen LogP contribution in [0.15, 0.2) is 69.6 Å². The standard InChI is InChI=1S/C23H19BrClN3O4/c1-12-9-15(24)16(25)10-17(12)28-20(23(30)32-3)19(22(29)31-2)18(14(11-26)21(28)27)13-7-5-4-6-8-13/h4-10,18H,27H2,1-3H3. The van der Waals surface area contributed by atoms with Gasteiger partial charge in [-0.1, -0.05) is 41.9 Å². The second-order valence-corrected chi connectivity index (χ2v) is 8.15. The molecular weight excluding hydrogens is 498 g/mol. The lowest BCUT2D eigenvalue weighted by atomic mass is 9.81. The van der Waals surface area contributed by atoms with Gasteiger partial charge in [0.2, 0.25) is 0 Å². The Labute approximate surface area is 198 Å².